The quantitative estimate of drug-likeness (QED) is 0.493. The Kier molecular flexibility index (Phi) is 5.42. The maximum atomic E-state index is 13.7. The lowest BCUT2D eigenvalue weighted by atomic mass is 9.89. The second-order valence-corrected chi connectivity index (χ2v) is 9.14. The number of carbonyl (C=O) groups excluding carboxylic acids is 1. The van der Waals surface area contributed by atoms with E-state index >= 15 is 0 Å². The summed E-state index contributed by atoms with van der Waals surface area (Å²) in [7, 11) is 1.59. The molecule has 4 aromatic rings. The second-order valence-electron chi connectivity index (χ2n) is 8.13. The fraction of sp³-hybridized carbons (Fsp3) is 0.148. The third-order valence-corrected chi connectivity index (χ3v) is 7.00. The van der Waals surface area contributed by atoms with Gasteiger partial charge in [-0.05, 0) is 54.5 Å². The Bertz CT molecular complexity index is 1660. The molecule has 0 bridgehead atoms. The van der Waals surface area contributed by atoms with E-state index in [9.17, 15) is 14.7 Å². The van der Waals surface area contributed by atoms with Crippen molar-refractivity contribution in [2.24, 2.45) is 4.99 Å². The van der Waals surface area contributed by atoms with E-state index in [0.717, 1.165) is 21.9 Å². The molecule has 7 heteroatoms. The Morgan fingerprint density at radius 3 is 2.56 bits per heavy atom. The number of hydrogen-bond donors (Lipinski definition) is 1. The first kappa shape index (κ1) is 21.9. The standard InChI is InChI=1S/C27H22N2O4S/c1-15-23(16(2)30)25(24-20-7-5-4-6-18(20)10-13-21(24)33-3)29-26(32)22(34-27(29)28-15)14-17-8-11-19(31)12-9-17/h4-14,25,31H,1-3H3/t25-/m0/s1. The van der Waals surface area contributed by atoms with Crippen LogP contribution in [0.2, 0.25) is 0 Å². The largest absolute Gasteiger partial charge is 0.508 e. The van der Waals surface area contributed by atoms with Crippen LogP contribution in [0.1, 0.15) is 31.0 Å². The number of benzene rings is 3. The van der Waals surface area contributed by atoms with E-state index in [1.54, 1.807) is 48.9 Å². The average molecular weight is 471 g/mol. The summed E-state index contributed by atoms with van der Waals surface area (Å²) in [6.45, 7) is 3.31. The smallest absolute Gasteiger partial charge is 0.271 e. The fourth-order valence-electron chi connectivity index (χ4n) is 4.50. The van der Waals surface area contributed by atoms with Crippen molar-refractivity contribution in [2.75, 3.05) is 7.11 Å². The van der Waals surface area contributed by atoms with Crippen molar-refractivity contribution in [2.45, 2.75) is 19.9 Å². The minimum Gasteiger partial charge on any atom is -0.508 e. The minimum absolute atomic E-state index is 0.144. The zero-order chi connectivity index (χ0) is 24.0. The molecule has 170 valence electrons. The van der Waals surface area contributed by atoms with Gasteiger partial charge >= 0.3 is 0 Å². The van der Waals surface area contributed by atoms with Crippen molar-refractivity contribution in [1.29, 1.82) is 0 Å². The minimum atomic E-state index is -0.670. The van der Waals surface area contributed by atoms with Gasteiger partial charge in [-0.3, -0.25) is 14.2 Å². The highest BCUT2D eigenvalue weighted by Crippen LogP contribution is 2.40. The average Bonchev–Trinajstić information content (AvgIpc) is 3.13. The van der Waals surface area contributed by atoms with E-state index in [1.807, 2.05) is 36.4 Å². The van der Waals surface area contributed by atoms with Crippen LogP contribution in [0.4, 0.5) is 0 Å². The van der Waals surface area contributed by atoms with E-state index in [2.05, 4.69) is 4.99 Å². The molecule has 0 amide bonds. The number of hydrogen-bond acceptors (Lipinski definition) is 6. The van der Waals surface area contributed by atoms with Crippen LogP contribution in [-0.2, 0) is 4.79 Å². The van der Waals surface area contributed by atoms with Crippen LogP contribution in [0, 0.1) is 0 Å². The topological polar surface area (TPSA) is 80.9 Å². The first-order chi connectivity index (χ1) is 16.4. The number of Topliss-reactive ketones (excluding diaryl/α,β-unsaturated/α-hetero) is 1. The first-order valence-electron chi connectivity index (χ1n) is 10.8. The molecule has 1 aliphatic heterocycles. The molecule has 0 unspecified atom stereocenters. The monoisotopic (exact) mass is 470 g/mol. The molecule has 1 atom stereocenters. The van der Waals surface area contributed by atoms with Gasteiger partial charge in [0, 0.05) is 16.8 Å². The molecule has 1 aromatic heterocycles. The van der Waals surface area contributed by atoms with Gasteiger partial charge in [0.15, 0.2) is 10.6 Å². The fourth-order valence-corrected chi connectivity index (χ4v) is 5.55. The normalized spacial score (nSPS) is 15.9. The summed E-state index contributed by atoms with van der Waals surface area (Å²) in [6, 6.07) is 17.7. The number of rotatable bonds is 4. The Labute approximate surface area is 199 Å². The number of phenols is 1. The van der Waals surface area contributed by atoms with Crippen LogP contribution < -0.4 is 19.6 Å². The molecule has 1 N–H and O–H groups in total. The van der Waals surface area contributed by atoms with Gasteiger partial charge < -0.3 is 9.84 Å². The third kappa shape index (κ3) is 3.54. The van der Waals surface area contributed by atoms with Crippen molar-refractivity contribution >= 4 is 34.0 Å². The van der Waals surface area contributed by atoms with Crippen molar-refractivity contribution < 1.29 is 14.6 Å². The van der Waals surface area contributed by atoms with Crippen LogP contribution in [-0.4, -0.2) is 22.6 Å². The summed E-state index contributed by atoms with van der Waals surface area (Å²) < 4.78 is 7.82. The maximum Gasteiger partial charge on any atom is 0.271 e. The Hall–Kier alpha value is -3.97. The van der Waals surface area contributed by atoms with E-state index in [0.29, 0.717) is 26.4 Å². The summed E-state index contributed by atoms with van der Waals surface area (Å²) in [5.74, 6) is 0.614. The summed E-state index contributed by atoms with van der Waals surface area (Å²) >= 11 is 1.28. The number of fused-ring (bicyclic) bond motifs is 2. The number of ether oxygens (including phenoxy) is 1. The van der Waals surface area contributed by atoms with Gasteiger partial charge in [-0.15, -0.1) is 0 Å². The number of aromatic hydroxyl groups is 1. The van der Waals surface area contributed by atoms with Crippen LogP contribution >= 0.6 is 11.3 Å². The molecule has 0 spiro atoms. The zero-order valence-electron chi connectivity index (χ0n) is 18.9. The summed E-state index contributed by atoms with van der Waals surface area (Å²) in [4.78, 5) is 31.8. The van der Waals surface area contributed by atoms with Gasteiger partial charge in [-0.2, -0.15) is 0 Å². The van der Waals surface area contributed by atoms with E-state index in [4.69, 9.17) is 4.74 Å². The Morgan fingerprint density at radius 1 is 1.12 bits per heavy atom. The van der Waals surface area contributed by atoms with E-state index in [1.165, 1.54) is 18.3 Å². The van der Waals surface area contributed by atoms with E-state index in [-0.39, 0.29) is 17.1 Å². The maximum absolute atomic E-state index is 13.7. The van der Waals surface area contributed by atoms with Crippen molar-refractivity contribution in [3.05, 3.63) is 103 Å². The molecule has 3 aromatic carbocycles. The van der Waals surface area contributed by atoms with Gasteiger partial charge in [0.25, 0.3) is 5.56 Å². The van der Waals surface area contributed by atoms with Crippen molar-refractivity contribution in [1.82, 2.24) is 4.57 Å². The number of phenolic OH excluding ortho intramolecular Hbond substituents is 1. The molecular weight excluding hydrogens is 448 g/mol. The Morgan fingerprint density at radius 2 is 1.85 bits per heavy atom. The molecule has 2 heterocycles. The zero-order valence-corrected chi connectivity index (χ0v) is 19.7. The number of methoxy groups -OCH3 is 1. The van der Waals surface area contributed by atoms with Gasteiger partial charge in [0.1, 0.15) is 11.5 Å². The predicted octanol–water partition coefficient (Wildman–Crippen LogP) is 3.69. The predicted molar refractivity (Wildman–Crippen MR) is 133 cm³/mol. The molecule has 0 fully saturated rings. The highest BCUT2D eigenvalue weighted by molar-refractivity contribution is 7.07. The molecule has 0 saturated heterocycles. The summed E-state index contributed by atoms with van der Waals surface area (Å²) in [5, 5.41) is 11.5. The second kappa shape index (κ2) is 8.43. The molecule has 5 rings (SSSR count). The molecule has 0 radical (unpaired) electrons. The molecular formula is C27H22N2O4S. The molecule has 1 aliphatic rings. The van der Waals surface area contributed by atoms with Gasteiger partial charge in [0.05, 0.1) is 17.7 Å². The Balaban J connectivity index is 1.86. The number of nitrogens with zero attached hydrogens (tertiary/aromatic N) is 2. The van der Waals surface area contributed by atoms with Crippen LogP contribution in [0.15, 0.2) is 81.7 Å². The van der Waals surface area contributed by atoms with E-state index < -0.39 is 6.04 Å². The molecule has 6 nitrogen and oxygen atoms in total. The number of aromatic nitrogens is 1. The van der Waals surface area contributed by atoms with Crippen LogP contribution in [0.25, 0.3) is 16.8 Å². The molecule has 0 saturated carbocycles. The molecule has 34 heavy (non-hydrogen) atoms. The lowest BCUT2D eigenvalue weighted by Crippen LogP contribution is -2.39. The number of allylic oxidation sites excluding steroid dienone is 2. The van der Waals surface area contributed by atoms with Gasteiger partial charge in [-0.25, -0.2) is 4.99 Å². The van der Waals surface area contributed by atoms with Crippen molar-refractivity contribution in [3.8, 4) is 11.5 Å². The highest BCUT2D eigenvalue weighted by atomic mass is 32.1. The summed E-state index contributed by atoms with van der Waals surface area (Å²) in [6.07, 6.45) is 1.77. The number of ketones is 1. The van der Waals surface area contributed by atoms with Crippen LogP contribution in [0.5, 0.6) is 11.5 Å². The van der Waals surface area contributed by atoms with Gasteiger partial charge in [0.2, 0.25) is 0 Å². The first-order valence-corrected chi connectivity index (χ1v) is 11.6. The number of thiazole rings is 1. The highest BCUT2D eigenvalue weighted by Gasteiger charge is 2.33. The number of carbonyl (C=O) groups is 1. The SMILES string of the molecule is COc1ccc2ccccc2c1[C@@H]1C(C(C)=O)=C(C)N=c2sc(=Cc3ccc(O)cc3)c(=O)n21. The molecule has 0 aliphatic carbocycles. The summed E-state index contributed by atoms with van der Waals surface area (Å²) in [5.41, 5.74) is 2.37. The third-order valence-electron chi connectivity index (χ3n) is 6.02. The van der Waals surface area contributed by atoms with Crippen LogP contribution in [0.3, 0.4) is 0 Å². The lowest BCUT2D eigenvalue weighted by molar-refractivity contribution is -0.114. The lowest BCUT2D eigenvalue weighted by Gasteiger charge is -2.27. The van der Waals surface area contributed by atoms with Gasteiger partial charge in [-0.1, -0.05) is 53.8 Å². The van der Waals surface area contributed by atoms with Crippen molar-refractivity contribution in [3.63, 3.8) is 0 Å².